The van der Waals surface area contributed by atoms with Crippen molar-refractivity contribution >= 4 is 23.1 Å². The summed E-state index contributed by atoms with van der Waals surface area (Å²) in [4.78, 5) is 29.1. The fourth-order valence-corrected chi connectivity index (χ4v) is 2.65. The maximum Gasteiger partial charge on any atom is 0.259 e. The molecule has 2 amide bonds. The molecule has 0 aliphatic carbocycles. The summed E-state index contributed by atoms with van der Waals surface area (Å²) in [6.45, 7) is 7.45. The Morgan fingerprint density at radius 1 is 1.12 bits per heavy atom. The van der Waals surface area contributed by atoms with E-state index in [1.165, 1.54) is 0 Å². The highest BCUT2D eigenvalue weighted by Crippen LogP contribution is 2.18. The van der Waals surface area contributed by atoms with Crippen LogP contribution in [0, 0.1) is 13.8 Å². The van der Waals surface area contributed by atoms with Gasteiger partial charge in [-0.3, -0.25) is 9.59 Å². The van der Waals surface area contributed by atoms with Crippen molar-refractivity contribution in [1.29, 1.82) is 0 Å². The summed E-state index contributed by atoms with van der Waals surface area (Å²) >= 11 is 0. The first-order valence-corrected chi connectivity index (χ1v) is 8.39. The second-order valence-corrected chi connectivity index (χ2v) is 6.49. The third kappa shape index (κ3) is 3.56. The molecule has 3 rings (SSSR count). The van der Waals surface area contributed by atoms with Gasteiger partial charge in [-0.15, -0.1) is 0 Å². The number of nitrogens with one attached hydrogen (secondary N) is 2. The number of amides is 2. The van der Waals surface area contributed by atoms with Crippen molar-refractivity contribution in [2.45, 2.75) is 33.7 Å². The van der Waals surface area contributed by atoms with Gasteiger partial charge in [0.2, 0.25) is 0 Å². The second-order valence-electron chi connectivity index (χ2n) is 6.49. The summed E-state index contributed by atoms with van der Waals surface area (Å²) < 4.78 is 1.56. The summed E-state index contributed by atoms with van der Waals surface area (Å²) in [7, 11) is 0. The van der Waals surface area contributed by atoms with E-state index in [1.807, 2.05) is 20.8 Å². The molecule has 0 aliphatic heterocycles. The van der Waals surface area contributed by atoms with Gasteiger partial charge in [0.05, 0.1) is 17.5 Å². The standard InChI is InChI=1S/C19H21N5O2/c1-11(2)21-18(25)14-5-6-16(12(3)9-14)23-19(26)15-10-24-17(7-8-20-24)22-13(15)4/h5-11H,1-4H3,(H,21,25)(H,23,26). The number of aryl methyl sites for hydroxylation is 2. The van der Waals surface area contributed by atoms with Crippen molar-refractivity contribution in [3.8, 4) is 0 Å². The summed E-state index contributed by atoms with van der Waals surface area (Å²) in [6, 6.07) is 7.03. The highest BCUT2D eigenvalue weighted by Gasteiger charge is 2.15. The van der Waals surface area contributed by atoms with Gasteiger partial charge in [-0.05, 0) is 51.5 Å². The molecule has 7 nitrogen and oxygen atoms in total. The van der Waals surface area contributed by atoms with Crippen molar-refractivity contribution in [3.63, 3.8) is 0 Å². The molecule has 3 aromatic rings. The molecule has 0 radical (unpaired) electrons. The number of anilines is 1. The van der Waals surface area contributed by atoms with E-state index in [2.05, 4.69) is 20.7 Å². The molecule has 2 aromatic heterocycles. The number of hydrogen-bond acceptors (Lipinski definition) is 4. The smallest absolute Gasteiger partial charge is 0.259 e. The van der Waals surface area contributed by atoms with Crippen LogP contribution in [0.15, 0.2) is 36.7 Å². The normalized spacial score (nSPS) is 11.0. The molecule has 134 valence electrons. The molecule has 0 saturated heterocycles. The Morgan fingerprint density at radius 2 is 1.88 bits per heavy atom. The molecule has 0 fully saturated rings. The van der Waals surface area contributed by atoms with E-state index < -0.39 is 0 Å². The van der Waals surface area contributed by atoms with Crippen LogP contribution in [0.5, 0.6) is 0 Å². The Hall–Kier alpha value is -3.22. The van der Waals surface area contributed by atoms with Gasteiger partial charge < -0.3 is 10.6 Å². The number of aromatic nitrogens is 3. The molecular weight excluding hydrogens is 330 g/mol. The van der Waals surface area contributed by atoms with Gasteiger partial charge in [0.1, 0.15) is 0 Å². The van der Waals surface area contributed by atoms with E-state index in [-0.39, 0.29) is 17.9 Å². The Labute approximate surface area is 151 Å². The van der Waals surface area contributed by atoms with Gasteiger partial charge in [-0.1, -0.05) is 0 Å². The van der Waals surface area contributed by atoms with E-state index in [4.69, 9.17) is 0 Å². The lowest BCUT2D eigenvalue weighted by atomic mass is 10.1. The maximum atomic E-state index is 12.6. The number of carbonyl (C=O) groups excluding carboxylic acids is 2. The third-order valence-corrected chi connectivity index (χ3v) is 3.97. The van der Waals surface area contributed by atoms with E-state index in [0.29, 0.717) is 28.2 Å². The van der Waals surface area contributed by atoms with E-state index in [1.54, 1.807) is 48.1 Å². The van der Waals surface area contributed by atoms with Gasteiger partial charge in [-0.2, -0.15) is 5.10 Å². The minimum Gasteiger partial charge on any atom is -0.350 e. The van der Waals surface area contributed by atoms with Crippen LogP contribution in [0.4, 0.5) is 5.69 Å². The SMILES string of the molecule is Cc1cc(C(=O)NC(C)C)ccc1NC(=O)c1cn2nccc2nc1C. The van der Waals surface area contributed by atoms with Crippen LogP contribution in [0.25, 0.3) is 5.65 Å². The Kier molecular flexibility index (Phi) is 4.71. The van der Waals surface area contributed by atoms with Crippen LogP contribution in [-0.2, 0) is 0 Å². The van der Waals surface area contributed by atoms with Gasteiger partial charge in [-0.25, -0.2) is 9.50 Å². The number of rotatable bonds is 4. The Bertz CT molecular complexity index is 991. The molecular formula is C19H21N5O2. The summed E-state index contributed by atoms with van der Waals surface area (Å²) in [5.41, 5.74) is 3.78. The number of nitrogens with zero attached hydrogens (tertiary/aromatic N) is 3. The molecule has 0 unspecified atom stereocenters. The lowest BCUT2D eigenvalue weighted by molar-refractivity contribution is 0.0942. The summed E-state index contributed by atoms with van der Waals surface area (Å²) in [6.07, 6.45) is 3.29. The summed E-state index contributed by atoms with van der Waals surface area (Å²) in [5, 5.41) is 9.84. The average Bonchev–Trinajstić information content (AvgIpc) is 3.02. The monoisotopic (exact) mass is 351 g/mol. The summed E-state index contributed by atoms with van der Waals surface area (Å²) in [5.74, 6) is -0.403. The zero-order valence-electron chi connectivity index (χ0n) is 15.2. The van der Waals surface area contributed by atoms with Crippen LogP contribution in [0.1, 0.15) is 45.8 Å². The first kappa shape index (κ1) is 17.6. The van der Waals surface area contributed by atoms with Crippen LogP contribution in [0.3, 0.4) is 0 Å². The van der Waals surface area contributed by atoms with Gasteiger partial charge >= 0.3 is 0 Å². The Balaban J connectivity index is 1.82. The number of benzene rings is 1. The molecule has 0 atom stereocenters. The molecule has 0 aliphatic rings. The highest BCUT2D eigenvalue weighted by molar-refractivity contribution is 6.05. The van der Waals surface area contributed by atoms with Crippen molar-refractivity contribution in [3.05, 3.63) is 59.0 Å². The minimum atomic E-state index is -0.269. The first-order valence-electron chi connectivity index (χ1n) is 8.39. The fourth-order valence-electron chi connectivity index (χ4n) is 2.65. The van der Waals surface area contributed by atoms with Crippen LogP contribution in [0.2, 0.25) is 0 Å². The van der Waals surface area contributed by atoms with Crippen LogP contribution >= 0.6 is 0 Å². The highest BCUT2D eigenvalue weighted by atomic mass is 16.2. The molecule has 1 aromatic carbocycles. The Morgan fingerprint density at radius 3 is 2.58 bits per heavy atom. The molecule has 0 saturated carbocycles. The van der Waals surface area contributed by atoms with E-state index in [0.717, 1.165) is 5.56 Å². The molecule has 0 spiro atoms. The predicted molar refractivity (Wildman–Crippen MR) is 99.5 cm³/mol. The van der Waals surface area contributed by atoms with Crippen molar-refractivity contribution < 1.29 is 9.59 Å². The van der Waals surface area contributed by atoms with E-state index >= 15 is 0 Å². The largest absolute Gasteiger partial charge is 0.350 e. The lowest BCUT2D eigenvalue weighted by Gasteiger charge is -2.12. The minimum absolute atomic E-state index is 0.0647. The zero-order chi connectivity index (χ0) is 18.8. The van der Waals surface area contributed by atoms with Gasteiger partial charge in [0.25, 0.3) is 11.8 Å². The first-order chi connectivity index (χ1) is 12.3. The second kappa shape index (κ2) is 6.95. The van der Waals surface area contributed by atoms with Crippen molar-refractivity contribution in [2.75, 3.05) is 5.32 Å². The molecule has 2 N–H and O–H groups in total. The topological polar surface area (TPSA) is 88.4 Å². The molecule has 2 heterocycles. The van der Waals surface area contributed by atoms with Gasteiger partial charge in [0, 0.05) is 29.6 Å². The average molecular weight is 351 g/mol. The van der Waals surface area contributed by atoms with Gasteiger partial charge in [0.15, 0.2) is 5.65 Å². The van der Waals surface area contributed by atoms with Crippen LogP contribution in [-0.4, -0.2) is 32.5 Å². The lowest BCUT2D eigenvalue weighted by Crippen LogP contribution is -2.30. The quantitative estimate of drug-likeness (QED) is 0.756. The molecule has 7 heteroatoms. The number of fused-ring (bicyclic) bond motifs is 1. The fraction of sp³-hybridized carbons (Fsp3) is 0.263. The molecule has 26 heavy (non-hydrogen) atoms. The van der Waals surface area contributed by atoms with E-state index in [9.17, 15) is 9.59 Å². The van der Waals surface area contributed by atoms with Crippen molar-refractivity contribution in [1.82, 2.24) is 19.9 Å². The number of carbonyl (C=O) groups is 2. The predicted octanol–water partition coefficient (Wildman–Crippen LogP) is 2.74. The third-order valence-electron chi connectivity index (χ3n) is 3.97. The zero-order valence-corrected chi connectivity index (χ0v) is 15.2. The van der Waals surface area contributed by atoms with Crippen molar-refractivity contribution in [2.24, 2.45) is 0 Å². The van der Waals surface area contributed by atoms with Crippen LogP contribution < -0.4 is 10.6 Å². The maximum absolute atomic E-state index is 12.6. The number of hydrogen-bond donors (Lipinski definition) is 2. The molecule has 0 bridgehead atoms.